The lowest BCUT2D eigenvalue weighted by Gasteiger charge is -2.29. The molecule has 2 N–H and O–H groups in total. The molecular weight excluding hydrogens is 186 g/mol. The topological polar surface area (TPSA) is 42.2 Å². The lowest BCUT2D eigenvalue weighted by molar-refractivity contribution is 0.679. The van der Waals surface area contributed by atoms with E-state index in [0.717, 1.165) is 17.9 Å². The van der Waals surface area contributed by atoms with E-state index in [9.17, 15) is 0 Å². The van der Waals surface area contributed by atoms with Crippen LogP contribution in [-0.4, -0.2) is 17.6 Å². The third-order valence-corrected chi connectivity index (χ3v) is 2.54. The minimum absolute atomic E-state index is 0.0292. The van der Waals surface area contributed by atoms with E-state index in [0.29, 0.717) is 6.04 Å². The highest BCUT2D eigenvalue weighted by Gasteiger charge is 2.15. The molecule has 0 amide bonds. The van der Waals surface area contributed by atoms with Crippen molar-refractivity contribution in [3.8, 4) is 0 Å². The fourth-order valence-electron chi connectivity index (χ4n) is 1.76. The standard InChI is InChI=1S/C12H21N3/c1-5-15(9(2)3)12-11(10(4)13)7-6-8-14-12/h6-10H,5,13H2,1-4H3. The maximum absolute atomic E-state index is 5.94. The Morgan fingerprint density at radius 2 is 2.07 bits per heavy atom. The Balaban J connectivity index is 3.11. The normalized spacial score (nSPS) is 12.9. The van der Waals surface area contributed by atoms with Gasteiger partial charge in [0.25, 0.3) is 0 Å². The van der Waals surface area contributed by atoms with Crippen molar-refractivity contribution >= 4 is 5.82 Å². The number of rotatable bonds is 4. The Morgan fingerprint density at radius 3 is 2.53 bits per heavy atom. The lowest BCUT2D eigenvalue weighted by atomic mass is 10.1. The summed E-state index contributed by atoms with van der Waals surface area (Å²) in [6.45, 7) is 9.43. The first-order valence-corrected chi connectivity index (χ1v) is 5.55. The molecule has 1 heterocycles. The van der Waals surface area contributed by atoms with Crippen molar-refractivity contribution in [2.45, 2.75) is 39.8 Å². The molecule has 1 aromatic heterocycles. The van der Waals surface area contributed by atoms with Gasteiger partial charge in [0.1, 0.15) is 5.82 Å². The first-order valence-electron chi connectivity index (χ1n) is 5.55. The van der Waals surface area contributed by atoms with E-state index in [1.54, 1.807) is 0 Å². The van der Waals surface area contributed by atoms with Gasteiger partial charge < -0.3 is 10.6 Å². The molecule has 1 aromatic rings. The molecule has 1 rings (SSSR count). The Bertz CT molecular complexity index is 307. The van der Waals surface area contributed by atoms with Crippen LogP contribution in [0.3, 0.4) is 0 Å². The van der Waals surface area contributed by atoms with E-state index >= 15 is 0 Å². The molecular formula is C12H21N3. The molecule has 1 unspecified atom stereocenters. The Kier molecular flexibility index (Phi) is 4.09. The van der Waals surface area contributed by atoms with Crippen molar-refractivity contribution in [3.63, 3.8) is 0 Å². The fraction of sp³-hybridized carbons (Fsp3) is 0.583. The predicted molar refractivity (Wildman–Crippen MR) is 65.0 cm³/mol. The smallest absolute Gasteiger partial charge is 0.133 e. The number of hydrogen-bond acceptors (Lipinski definition) is 3. The van der Waals surface area contributed by atoms with E-state index in [1.165, 1.54) is 0 Å². The predicted octanol–water partition coefficient (Wildman–Crippen LogP) is 2.34. The monoisotopic (exact) mass is 207 g/mol. The van der Waals surface area contributed by atoms with Gasteiger partial charge in [-0.05, 0) is 33.8 Å². The molecule has 15 heavy (non-hydrogen) atoms. The van der Waals surface area contributed by atoms with Gasteiger partial charge in [-0.25, -0.2) is 4.98 Å². The zero-order valence-corrected chi connectivity index (χ0v) is 10.1. The van der Waals surface area contributed by atoms with Crippen molar-refractivity contribution in [2.24, 2.45) is 5.73 Å². The van der Waals surface area contributed by atoms with Crippen molar-refractivity contribution < 1.29 is 0 Å². The fourth-order valence-corrected chi connectivity index (χ4v) is 1.76. The van der Waals surface area contributed by atoms with Gasteiger partial charge in [-0.2, -0.15) is 0 Å². The SMILES string of the molecule is CCN(c1ncccc1C(C)N)C(C)C. The van der Waals surface area contributed by atoms with Crippen LogP contribution in [0.25, 0.3) is 0 Å². The number of pyridine rings is 1. The Hall–Kier alpha value is -1.09. The van der Waals surface area contributed by atoms with Crippen molar-refractivity contribution in [1.29, 1.82) is 0 Å². The van der Waals surface area contributed by atoms with E-state index in [-0.39, 0.29) is 6.04 Å². The maximum Gasteiger partial charge on any atom is 0.133 e. The maximum atomic E-state index is 5.94. The quantitative estimate of drug-likeness (QED) is 0.824. The van der Waals surface area contributed by atoms with Crippen LogP contribution in [0.4, 0.5) is 5.82 Å². The van der Waals surface area contributed by atoms with E-state index < -0.39 is 0 Å². The van der Waals surface area contributed by atoms with Gasteiger partial charge in [0.15, 0.2) is 0 Å². The highest BCUT2D eigenvalue weighted by Crippen LogP contribution is 2.23. The van der Waals surface area contributed by atoms with E-state index in [1.807, 2.05) is 19.2 Å². The van der Waals surface area contributed by atoms with Gasteiger partial charge in [-0.15, -0.1) is 0 Å². The van der Waals surface area contributed by atoms with Gasteiger partial charge in [-0.3, -0.25) is 0 Å². The Labute approximate surface area is 92.3 Å². The van der Waals surface area contributed by atoms with Gasteiger partial charge >= 0.3 is 0 Å². The summed E-state index contributed by atoms with van der Waals surface area (Å²) < 4.78 is 0. The second-order valence-electron chi connectivity index (χ2n) is 4.08. The molecule has 0 radical (unpaired) electrons. The molecule has 0 aliphatic heterocycles. The third kappa shape index (κ3) is 2.69. The molecule has 84 valence electrons. The van der Waals surface area contributed by atoms with Crippen LogP contribution < -0.4 is 10.6 Å². The summed E-state index contributed by atoms with van der Waals surface area (Å²) in [7, 11) is 0. The molecule has 0 saturated carbocycles. The van der Waals surface area contributed by atoms with Crippen LogP contribution in [0, 0.1) is 0 Å². The average molecular weight is 207 g/mol. The van der Waals surface area contributed by atoms with E-state index in [4.69, 9.17) is 5.73 Å². The number of hydrogen-bond donors (Lipinski definition) is 1. The first kappa shape index (κ1) is 12.0. The summed E-state index contributed by atoms with van der Waals surface area (Å²) in [4.78, 5) is 6.70. The third-order valence-electron chi connectivity index (χ3n) is 2.54. The van der Waals surface area contributed by atoms with Crippen molar-refractivity contribution in [3.05, 3.63) is 23.9 Å². The largest absolute Gasteiger partial charge is 0.354 e. The highest BCUT2D eigenvalue weighted by atomic mass is 15.2. The van der Waals surface area contributed by atoms with Crippen LogP contribution in [-0.2, 0) is 0 Å². The van der Waals surface area contributed by atoms with E-state index in [2.05, 4.69) is 36.7 Å². The molecule has 3 heteroatoms. The second-order valence-corrected chi connectivity index (χ2v) is 4.08. The molecule has 0 aliphatic carbocycles. The molecule has 0 bridgehead atoms. The molecule has 3 nitrogen and oxygen atoms in total. The van der Waals surface area contributed by atoms with Crippen LogP contribution in [0.15, 0.2) is 18.3 Å². The van der Waals surface area contributed by atoms with Gasteiger partial charge in [0.05, 0.1) is 0 Å². The summed E-state index contributed by atoms with van der Waals surface area (Å²) >= 11 is 0. The van der Waals surface area contributed by atoms with Crippen LogP contribution in [0.1, 0.15) is 39.3 Å². The first-order chi connectivity index (χ1) is 7.07. The lowest BCUT2D eigenvalue weighted by Crippen LogP contribution is -2.32. The summed E-state index contributed by atoms with van der Waals surface area (Å²) in [5, 5.41) is 0. The number of aromatic nitrogens is 1. The molecule has 0 aromatic carbocycles. The molecule has 0 aliphatic rings. The van der Waals surface area contributed by atoms with Crippen molar-refractivity contribution in [2.75, 3.05) is 11.4 Å². The van der Waals surface area contributed by atoms with Crippen LogP contribution in [0.5, 0.6) is 0 Å². The van der Waals surface area contributed by atoms with Crippen LogP contribution >= 0.6 is 0 Å². The molecule has 0 spiro atoms. The summed E-state index contributed by atoms with van der Waals surface area (Å²) in [5.41, 5.74) is 7.06. The number of nitrogens with zero attached hydrogens (tertiary/aromatic N) is 2. The highest BCUT2D eigenvalue weighted by molar-refractivity contribution is 5.48. The summed E-state index contributed by atoms with van der Waals surface area (Å²) in [5.74, 6) is 1.02. The molecule has 1 atom stereocenters. The minimum atomic E-state index is 0.0292. The molecule has 0 saturated heterocycles. The summed E-state index contributed by atoms with van der Waals surface area (Å²) in [6.07, 6.45) is 1.83. The minimum Gasteiger partial charge on any atom is -0.354 e. The van der Waals surface area contributed by atoms with Crippen molar-refractivity contribution in [1.82, 2.24) is 4.98 Å². The van der Waals surface area contributed by atoms with Gasteiger partial charge in [0.2, 0.25) is 0 Å². The summed E-state index contributed by atoms with van der Waals surface area (Å²) in [6, 6.07) is 4.47. The zero-order valence-electron chi connectivity index (χ0n) is 10.1. The van der Waals surface area contributed by atoms with Crippen LogP contribution in [0.2, 0.25) is 0 Å². The Morgan fingerprint density at radius 1 is 1.40 bits per heavy atom. The zero-order chi connectivity index (χ0) is 11.4. The second kappa shape index (κ2) is 5.12. The number of anilines is 1. The number of nitrogens with two attached hydrogens (primary N) is 1. The van der Waals surface area contributed by atoms with Gasteiger partial charge in [0, 0.05) is 30.4 Å². The molecule has 0 fully saturated rings. The average Bonchev–Trinajstić information content (AvgIpc) is 2.18. The van der Waals surface area contributed by atoms with Gasteiger partial charge in [-0.1, -0.05) is 6.07 Å².